The number of rotatable bonds is 14. The third-order valence-electron chi connectivity index (χ3n) is 7.74. The minimum Gasteiger partial charge on any atom is -0.490 e. The molecule has 0 spiro atoms. The zero-order chi connectivity index (χ0) is 25.2. The number of carbonyl (C=O) groups is 1. The summed E-state index contributed by atoms with van der Waals surface area (Å²) in [6.07, 6.45) is 17.8. The van der Waals surface area contributed by atoms with Crippen molar-refractivity contribution in [1.29, 1.82) is 0 Å². The molecule has 1 aliphatic carbocycles. The highest BCUT2D eigenvalue weighted by molar-refractivity contribution is 5.65. The molecule has 1 saturated carbocycles. The van der Waals surface area contributed by atoms with Crippen molar-refractivity contribution in [3.63, 3.8) is 0 Å². The van der Waals surface area contributed by atoms with Crippen LogP contribution in [0.25, 0.3) is 11.4 Å². The van der Waals surface area contributed by atoms with E-state index in [4.69, 9.17) is 14.2 Å². The Kier molecular flexibility index (Phi) is 9.60. The van der Waals surface area contributed by atoms with E-state index in [1.807, 2.05) is 24.3 Å². The molecule has 2 fully saturated rings. The zero-order valence-corrected chi connectivity index (χ0v) is 22.0. The quantitative estimate of drug-likeness (QED) is 0.196. The Morgan fingerprint density at radius 2 is 1.64 bits per heavy atom. The van der Waals surface area contributed by atoms with Crippen LogP contribution >= 0.6 is 0 Å². The molecule has 1 saturated heterocycles. The fraction of sp³-hybridized carbons (Fsp3) is 0.633. The van der Waals surface area contributed by atoms with Crippen LogP contribution in [0.5, 0.6) is 5.75 Å². The molecule has 2 aromatic rings. The maximum Gasteiger partial charge on any atom is 0.509 e. The first-order valence-electron chi connectivity index (χ1n) is 14.1. The number of ether oxygens (including phenoxy) is 3. The average Bonchev–Trinajstić information content (AvgIpc) is 3.25. The molecular weight excluding hydrogens is 452 g/mol. The van der Waals surface area contributed by atoms with Gasteiger partial charge >= 0.3 is 6.16 Å². The number of benzene rings is 1. The van der Waals surface area contributed by atoms with Crippen LogP contribution in [-0.2, 0) is 15.1 Å². The third-order valence-corrected chi connectivity index (χ3v) is 7.74. The Labute approximate surface area is 216 Å². The summed E-state index contributed by atoms with van der Waals surface area (Å²) in [6.45, 7) is 5.16. The van der Waals surface area contributed by atoms with Crippen LogP contribution in [0.2, 0.25) is 0 Å². The number of fused-ring (bicyclic) bond motifs is 1. The standard InChI is InChI=1S/C30H42N2O4/c1-3-5-7-8-9-11-19-34-26-21-31-28(32-22-26)24-13-15-25(16-14-24)30-18-17-23(12-10-6-4-2)20-27(30)35-29(33)36-30/h13-16,21-23,27H,3-12,17-20H2,1-2H3. The first-order chi connectivity index (χ1) is 17.6. The molecule has 3 atom stereocenters. The van der Waals surface area contributed by atoms with Crippen molar-refractivity contribution in [3.8, 4) is 17.1 Å². The summed E-state index contributed by atoms with van der Waals surface area (Å²) in [5.41, 5.74) is 1.24. The van der Waals surface area contributed by atoms with E-state index in [0.29, 0.717) is 24.1 Å². The molecule has 4 rings (SSSR count). The Bertz CT molecular complexity index is 946. The normalized spacial score (nSPS) is 23.1. The lowest BCUT2D eigenvalue weighted by molar-refractivity contribution is -0.0253. The average molecular weight is 495 g/mol. The van der Waals surface area contributed by atoms with Crippen LogP contribution in [0, 0.1) is 5.92 Å². The lowest BCUT2D eigenvalue weighted by Crippen LogP contribution is -2.42. The lowest BCUT2D eigenvalue weighted by Gasteiger charge is -2.38. The van der Waals surface area contributed by atoms with Gasteiger partial charge in [-0.15, -0.1) is 0 Å². The molecule has 3 unspecified atom stereocenters. The van der Waals surface area contributed by atoms with Gasteiger partial charge in [0.15, 0.2) is 17.2 Å². The van der Waals surface area contributed by atoms with Gasteiger partial charge in [-0.25, -0.2) is 14.8 Å². The smallest absolute Gasteiger partial charge is 0.490 e. The van der Waals surface area contributed by atoms with Crippen molar-refractivity contribution in [2.24, 2.45) is 5.92 Å². The summed E-state index contributed by atoms with van der Waals surface area (Å²) in [4.78, 5) is 21.2. The van der Waals surface area contributed by atoms with Crippen molar-refractivity contribution in [1.82, 2.24) is 9.97 Å². The lowest BCUT2D eigenvalue weighted by atomic mass is 9.72. The van der Waals surface area contributed by atoms with Crippen LogP contribution in [0.4, 0.5) is 4.79 Å². The van der Waals surface area contributed by atoms with Crippen LogP contribution < -0.4 is 4.74 Å². The fourth-order valence-electron chi connectivity index (χ4n) is 5.59. The van der Waals surface area contributed by atoms with Crippen molar-refractivity contribution >= 4 is 6.16 Å². The SMILES string of the molecule is CCCCCCCCOc1cnc(-c2ccc(C34CCC(CCCCC)CC3OC(=O)O4)cc2)nc1. The van der Waals surface area contributed by atoms with E-state index in [2.05, 4.69) is 23.8 Å². The highest BCUT2D eigenvalue weighted by atomic mass is 16.8. The summed E-state index contributed by atoms with van der Waals surface area (Å²) in [5, 5.41) is 0. The molecule has 6 nitrogen and oxygen atoms in total. The van der Waals surface area contributed by atoms with Gasteiger partial charge in [0, 0.05) is 5.56 Å². The maximum absolute atomic E-state index is 12.2. The Morgan fingerprint density at radius 3 is 2.39 bits per heavy atom. The summed E-state index contributed by atoms with van der Waals surface area (Å²) in [7, 11) is 0. The predicted molar refractivity (Wildman–Crippen MR) is 141 cm³/mol. The first-order valence-corrected chi connectivity index (χ1v) is 14.1. The van der Waals surface area contributed by atoms with E-state index in [9.17, 15) is 4.79 Å². The molecular formula is C30H42N2O4. The minimum absolute atomic E-state index is 0.212. The second-order valence-corrected chi connectivity index (χ2v) is 10.4. The van der Waals surface area contributed by atoms with E-state index in [1.54, 1.807) is 12.4 Å². The number of carbonyl (C=O) groups excluding carboxylic acids is 1. The number of nitrogens with zero attached hydrogens (tertiary/aromatic N) is 2. The largest absolute Gasteiger partial charge is 0.509 e. The Hall–Kier alpha value is -2.63. The number of unbranched alkanes of at least 4 members (excludes halogenated alkanes) is 7. The molecule has 2 aliphatic rings. The number of aromatic nitrogens is 2. The van der Waals surface area contributed by atoms with E-state index < -0.39 is 11.8 Å². The molecule has 196 valence electrons. The van der Waals surface area contributed by atoms with Crippen LogP contribution in [0.1, 0.15) is 103 Å². The minimum atomic E-state index is -0.675. The topological polar surface area (TPSA) is 70.5 Å². The van der Waals surface area contributed by atoms with E-state index in [-0.39, 0.29) is 6.10 Å². The molecule has 1 aliphatic heterocycles. The van der Waals surface area contributed by atoms with Gasteiger partial charge in [0.1, 0.15) is 6.10 Å². The van der Waals surface area contributed by atoms with Gasteiger partial charge < -0.3 is 14.2 Å². The fourth-order valence-corrected chi connectivity index (χ4v) is 5.59. The highest BCUT2D eigenvalue weighted by Gasteiger charge is 2.55. The van der Waals surface area contributed by atoms with Crippen molar-refractivity contribution in [3.05, 3.63) is 42.2 Å². The van der Waals surface area contributed by atoms with Crippen molar-refractivity contribution in [2.45, 2.75) is 109 Å². The highest BCUT2D eigenvalue weighted by Crippen LogP contribution is 2.49. The number of hydrogen-bond acceptors (Lipinski definition) is 6. The first kappa shape index (κ1) is 26.4. The van der Waals surface area contributed by atoms with Gasteiger partial charge in [-0.05, 0) is 37.2 Å². The van der Waals surface area contributed by atoms with Crippen LogP contribution in [0.3, 0.4) is 0 Å². The second kappa shape index (κ2) is 13.1. The van der Waals surface area contributed by atoms with Gasteiger partial charge in [-0.3, -0.25) is 0 Å². The zero-order valence-electron chi connectivity index (χ0n) is 22.0. The Balaban J connectivity index is 1.33. The maximum atomic E-state index is 12.2. The predicted octanol–water partition coefficient (Wildman–Crippen LogP) is 7.99. The van der Waals surface area contributed by atoms with Gasteiger partial charge in [0.25, 0.3) is 0 Å². The molecule has 0 N–H and O–H groups in total. The Morgan fingerprint density at radius 1 is 0.944 bits per heavy atom. The third kappa shape index (κ3) is 6.57. The summed E-state index contributed by atoms with van der Waals surface area (Å²) in [5.74, 6) is 1.96. The van der Waals surface area contributed by atoms with Crippen molar-refractivity contribution in [2.75, 3.05) is 6.61 Å². The molecule has 0 bridgehead atoms. The molecule has 1 aromatic heterocycles. The number of hydrogen-bond donors (Lipinski definition) is 0. The molecule has 36 heavy (non-hydrogen) atoms. The van der Waals surface area contributed by atoms with Crippen LogP contribution in [-0.4, -0.2) is 28.8 Å². The molecule has 2 heterocycles. The summed E-state index contributed by atoms with van der Waals surface area (Å²) < 4.78 is 17.3. The van der Waals surface area contributed by atoms with Crippen molar-refractivity contribution < 1.29 is 19.0 Å². The van der Waals surface area contributed by atoms with E-state index >= 15 is 0 Å². The molecule has 1 aromatic carbocycles. The van der Waals surface area contributed by atoms with Gasteiger partial charge in [-0.1, -0.05) is 95.9 Å². The van der Waals surface area contributed by atoms with Crippen LogP contribution in [0.15, 0.2) is 36.7 Å². The molecule has 6 heteroatoms. The van der Waals surface area contributed by atoms with E-state index in [0.717, 1.165) is 36.8 Å². The van der Waals surface area contributed by atoms with E-state index in [1.165, 1.54) is 57.8 Å². The van der Waals surface area contributed by atoms with Gasteiger partial charge in [-0.2, -0.15) is 0 Å². The summed E-state index contributed by atoms with van der Waals surface area (Å²) in [6, 6.07) is 8.08. The monoisotopic (exact) mass is 494 g/mol. The second-order valence-electron chi connectivity index (χ2n) is 10.4. The molecule has 0 radical (unpaired) electrons. The summed E-state index contributed by atoms with van der Waals surface area (Å²) >= 11 is 0. The molecule has 0 amide bonds. The van der Waals surface area contributed by atoms with Gasteiger partial charge in [0.05, 0.1) is 19.0 Å². The van der Waals surface area contributed by atoms with Gasteiger partial charge in [0.2, 0.25) is 0 Å².